The normalized spacial score (nSPS) is 12.2. The van der Waals surface area contributed by atoms with Gasteiger partial charge in [-0.2, -0.15) is 0 Å². The van der Waals surface area contributed by atoms with Gasteiger partial charge in [0.15, 0.2) is 0 Å². The van der Waals surface area contributed by atoms with Crippen LogP contribution < -0.4 is 4.74 Å². The predicted octanol–water partition coefficient (Wildman–Crippen LogP) is 4.21. The molecule has 0 spiro atoms. The summed E-state index contributed by atoms with van der Waals surface area (Å²) in [6.07, 6.45) is -1.43. The molecule has 0 saturated heterocycles. The van der Waals surface area contributed by atoms with Crippen LogP contribution in [0.25, 0.3) is 0 Å². The molecule has 2 nitrogen and oxygen atoms in total. The van der Waals surface area contributed by atoms with E-state index in [4.69, 9.17) is 4.74 Å². The van der Waals surface area contributed by atoms with E-state index in [-0.39, 0.29) is 5.56 Å². The predicted molar refractivity (Wildman–Crippen MR) is 75.7 cm³/mol. The van der Waals surface area contributed by atoms with E-state index in [1.807, 2.05) is 0 Å². The Morgan fingerprint density at radius 1 is 1.20 bits per heavy atom. The van der Waals surface area contributed by atoms with Crippen molar-refractivity contribution < 1.29 is 18.6 Å². The van der Waals surface area contributed by atoms with Crippen LogP contribution in [0.1, 0.15) is 24.2 Å². The first-order valence-corrected chi connectivity index (χ1v) is 6.88. The lowest BCUT2D eigenvalue weighted by Gasteiger charge is -2.17. The van der Waals surface area contributed by atoms with Crippen molar-refractivity contribution in [2.45, 2.75) is 13.0 Å². The fourth-order valence-electron chi connectivity index (χ4n) is 1.95. The summed E-state index contributed by atoms with van der Waals surface area (Å²) in [6, 6.07) is 8.44. The largest absolute Gasteiger partial charge is 0.493 e. The summed E-state index contributed by atoms with van der Waals surface area (Å²) in [7, 11) is 0. The Balaban J connectivity index is 2.52. The summed E-state index contributed by atoms with van der Waals surface area (Å²) < 4.78 is 33.6. The molecule has 0 aliphatic heterocycles. The molecule has 20 heavy (non-hydrogen) atoms. The zero-order chi connectivity index (χ0) is 14.7. The molecule has 0 heterocycles. The fraction of sp³-hybridized carbons (Fsp3) is 0.200. The first kappa shape index (κ1) is 14.9. The van der Waals surface area contributed by atoms with Crippen molar-refractivity contribution in [3.63, 3.8) is 0 Å². The van der Waals surface area contributed by atoms with Crippen molar-refractivity contribution in [3.05, 3.63) is 63.6 Å². The van der Waals surface area contributed by atoms with Gasteiger partial charge in [0.05, 0.1) is 12.2 Å². The molecule has 0 aromatic heterocycles. The first-order valence-electron chi connectivity index (χ1n) is 6.08. The van der Waals surface area contributed by atoms with E-state index in [2.05, 4.69) is 15.9 Å². The van der Waals surface area contributed by atoms with Crippen molar-refractivity contribution in [3.8, 4) is 5.75 Å². The van der Waals surface area contributed by atoms with E-state index in [1.54, 1.807) is 25.1 Å². The number of benzene rings is 2. The maximum Gasteiger partial charge on any atom is 0.132 e. The van der Waals surface area contributed by atoms with Crippen molar-refractivity contribution >= 4 is 15.9 Å². The third-order valence-corrected chi connectivity index (χ3v) is 3.33. The van der Waals surface area contributed by atoms with Crippen LogP contribution >= 0.6 is 15.9 Å². The summed E-state index contributed by atoms with van der Waals surface area (Å²) in [5, 5.41) is 10.3. The summed E-state index contributed by atoms with van der Waals surface area (Å²) in [5.41, 5.74) is -0.0724. The number of aliphatic hydroxyl groups excluding tert-OH is 1. The van der Waals surface area contributed by atoms with Gasteiger partial charge in [-0.3, -0.25) is 0 Å². The van der Waals surface area contributed by atoms with Gasteiger partial charge in [0.25, 0.3) is 0 Å². The highest BCUT2D eigenvalue weighted by Crippen LogP contribution is 2.34. The lowest BCUT2D eigenvalue weighted by Crippen LogP contribution is -2.08. The number of hydrogen-bond acceptors (Lipinski definition) is 2. The topological polar surface area (TPSA) is 29.5 Å². The Kier molecular flexibility index (Phi) is 4.73. The second-order valence-electron chi connectivity index (χ2n) is 4.15. The van der Waals surface area contributed by atoms with Gasteiger partial charge in [-0.05, 0) is 37.3 Å². The molecule has 2 rings (SSSR count). The molecule has 1 atom stereocenters. The van der Waals surface area contributed by atoms with Crippen LogP contribution in [0.4, 0.5) is 8.78 Å². The lowest BCUT2D eigenvalue weighted by atomic mass is 9.99. The highest BCUT2D eigenvalue weighted by atomic mass is 79.9. The Labute approximate surface area is 124 Å². The van der Waals surface area contributed by atoms with Crippen LogP contribution in [-0.4, -0.2) is 11.7 Å². The molecule has 0 bridgehead atoms. The smallest absolute Gasteiger partial charge is 0.132 e. The highest BCUT2D eigenvalue weighted by molar-refractivity contribution is 9.10. The van der Waals surface area contributed by atoms with Gasteiger partial charge in [0.1, 0.15) is 23.5 Å². The number of halogens is 3. The van der Waals surface area contributed by atoms with Gasteiger partial charge in [0.2, 0.25) is 0 Å². The Morgan fingerprint density at radius 2 is 1.85 bits per heavy atom. The Morgan fingerprint density at radius 3 is 2.45 bits per heavy atom. The van der Waals surface area contributed by atoms with E-state index in [9.17, 15) is 13.9 Å². The molecule has 0 aliphatic carbocycles. The maximum atomic E-state index is 13.8. The molecular weight excluding hydrogens is 330 g/mol. The number of aliphatic hydroxyl groups is 1. The Bertz CT molecular complexity index is 597. The summed E-state index contributed by atoms with van der Waals surface area (Å²) in [5.74, 6) is -1.19. The highest BCUT2D eigenvalue weighted by Gasteiger charge is 2.22. The zero-order valence-corrected chi connectivity index (χ0v) is 12.3. The molecule has 0 fully saturated rings. The minimum absolute atomic E-state index is 0.310. The first-order chi connectivity index (χ1) is 9.54. The number of rotatable bonds is 4. The van der Waals surface area contributed by atoms with Gasteiger partial charge < -0.3 is 9.84 Å². The standard InChI is InChI=1S/C15H13BrF2O2/c1-2-20-13-7-6-9(16)8-10(13)15(19)14-11(17)4-3-5-12(14)18/h3-8,15,19H,2H2,1H3. The molecule has 0 saturated carbocycles. The van der Waals surface area contributed by atoms with E-state index < -0.39 is 17.7 Å². The minimum atomic E-state index is -1.43. The van der Waals surface area contributed by atoms with Crippen molar-refractivity contribution in [2.75, 3.05) is 6.61 Å². The van der Waals surface area contributed by atoms with Crippen LogP contribution in [0.5, 0.6) is 5.75 Å². The molecule has 1 N–H and O–H groups in total. The summed E-state index contributed by atoms with van der Waals surface area (Å²) in [6.45, 7) is 2.18. The Hall–Kier alpha value is -1.46. The minimum Gasteiger partial charge on any atom is -0.493 e. The second kappa shape index (κ2) is 6.33. The quantitative estimate of drug-likeness (QED) is 0.901. The van der Waals surface area contributed by atoms with E-state index in [1.165, 1.54) is 6.07 Å². The summed E-state index contributed by atoms with van der Waals surface area (Å²) in [4.78, 5) is 0. The molecule has 2 aromatic carbocycles. The number of ether oxygens (including phenoxy) is 1. The number of hydrogen-bond donors (Lipinski definition) is 1. The molecule has 0 radical (unpaired) electrons. The lowest BCUT2D eigenvalue weighted by molar-refractivity contribution is 0.201. The monoisotopic (exact) mass is 342 g/mol. The van der Waals surface area contributed by atoms with Crippen LogP contribution in [-0.2, 0) is 0 Å². The molecule has 1 unspecified atom stereocenters. The molecular formula is C15H13BrF2O2. The van der Waals surface area contributed by atoms with Gasteiger partial charge in [-0.1, -0.05) is 22.0 Å². The van der Waals surface area contributed by atoms with E-state index in [0.717, 1.165) is 12.1 Å². The third kappa shape index (κ3) is 2.99. The van der Waals surface area contributed by atoms with Crippen molar-refractivity contribution in [1.29, 1.82) is 0 Å². The van der Waals surface area contributed by atoms with Gasteiger partial charge >= 0.3 is 0 Å². The molecule has 106 valence electrons. The van der Waals surface area contributed by atoms with Gasteiger partial charge in [-0.25, -0.2) is 8.78 Å². The van der Waals surface area contributed by atoms with Gasteiger partial charge in [-0.15, -0.1) is 0 Å². The summed E-state index contributed by atoms with van der Waals surface area (Å²) >= 11 is 3.27. The average molecular weight is 343 g/mol. The molecule has 2 aromatic rings. The SMILES string of the molecule is CCOc1ccc(Br)cc1C(O)c1c(F)cccc1F. The molecule has 5 heteroatoms. The molecule has 0 amide bonds. The van der Waals surface area contributed by atoms with E-state index in [0.29, 0.717) is 22.4 Å². The average Bonchev–Trinajstić information content (AvgIpc) is 2.40. The van der Waals surface area contributed by atoms with E-state index >= 15 is 0 Å². The second-order valence-corrected chi connectivity index (χ2v) is 5.07. The van der Waals surface area contributed by atoms with Crippen LogP contribution in [0.15, 0.2) is 40.9 Å². The zero-order valence-electron chi connectivity index (χ0n) is 10.7. The van der Waals surface area contributed by atoms with Crippen LogP contribution in [0.2, 0.25) is 0 Å². The van der Waals surface area contributed by atoms with Gasteiger partial charge in [0, 0.05) is 10.0 Å². The fourth-order valence-corrected chi connectivity index (χ4v) is 2.33. The van der Waals surface area contributed by atoms with Crippen LogP contribution in [0.3, 0.4) is 0 Å². The van der Waals surface area contributed by atoms with Crippen LogP contribution in [0, 0.1) is 11.6 Å². The third-order valence-electron chi connectivity index (χ3n) is 2.84. The maximum absolute atomic E-state index is 13.8. The van der Waals surface area contributed by atoms with Crippen molar-refractivity contribution in [1.82, 2.24) is 0 Å². The molecule has 0 aliphatic rings. The van der Waals surface area contributed by atoms with Crippen molar-refractivity contribution in [2.24, 2.45) is 0 Å².